The Labute approximate surface area is 196 Å². The number of benzene rings is 1. The molecule has 0 aliphatic heterocycles. The number of unbranched alkanes of at least 4 members (excludes halogenated alkanes) is 5. The van der Waals surface area contributed by atoms with E-state index in [9.17, 15) is 0 Å². The zero-order chi connectivity index (χ0) is 20.2. The van der Waals surface area contributed by atoms with Gasteiger partial charge in [0.1, 0.15) is 11.0 Å². The maximum absolute atomic E-state index is 4.92. The molecule has 29 heavy (non-hydrogen) atoms. The van der Waals surface area contributed by atoms with Crippen LogP contribution in [0.1, 0.15) is 45.4 Å². The molecule has 4 rings (SSSR count). The van der Waals surface area contributed by atoms with Gasteiger partial charge in [-0.25, -0.2) is 0 Å². The van der Waals surface area contributed by atoms with Crippen molar-refractivity contribution in [1.82, 2.24) is 15.0 Å². The van der Waals surface area contributed by atoms with Crippen LogP contribution in [0.2, 0.25) is 0 Å². The Balaban J connectivity index is 1.66. The molecule has 3 nitrogen and oxygen atoms in total. The number of halogens is 2. The third-order valence-corrected chi connectivity index (χ3v) is 8.28. The average Bonchev–Trinajstić information content (AvgIpc) is 3.43. The van der Waals surface area contributed by atoms with Crippen molar-refractivity contribution in [3.05, 3.63) is 44.0 Å². The fraction of sp³-hybridized carbons (Fsp3) is 0.364. The molecule has 0 atom stereocenters. The van der Waals surface area contributed by atoms with E-state index in [0.717, 1.165) is 42.7 Å². The van der Waals surface area contributed by atoms with Crippen molar-refractivity contribution in [2.45, 2.75) is 52.0 Å². The summed E-state index contributed by atoms with van der Waals surface area (Å²) in [7, 11) is 0. The zero-order valence-electron chi connectivity index (χ0n) is 16.3. The fourth-order valence-corrected chi connectivity index (χ4v) is 6.31. The molecule has 0 fully saturated rings. The Bertz CT molecular complexity index is 1020. The first-order chi connectivity index (χ1) is 14.2. The third-order valence-electron chi connectivity index (χ3n) is 4.97. The highest BCUT2D eigenvalue weighted by Gasteiger charge is 2.17. The quantitative estimate of drug-likeness (QED) is 0.194. The number of nitrogens with zero attached hydrogens (tertiary/aromatic N) is 3. The molecular formula is C22H23Br2N3S2. The topological polar surface area (TPSA) is 30.7 Å². The molecular weight excluding hydrogens is 530 g/mol. The number of fused-ring (bicyclic) bond motifs is 1. The minimum atomic E-state index is 0.877. The SMILES string of the molecule is CCCCCCCCn1nc2c(-c3ccc(Br)s3)ccc(-c3ccc(Br)s3)c2n1. The predicted molar refractivity (Wildman–Crippen MR) is 133 cm³/mol. The van der Waals surface area contributed by atoms with Crippen molar-refractivity contribution >= 4 is 65.6 Å². The molecule has 0 unspecified atom stereocenters. The highest BCUT2D eigenvalue weighted by molar-refractivity contribution is 9.11. The zero-order valence-corrected chi connectivity index (χ0v) is 21.1. The summed E-state index contributed by atoms with van der Waals surface area (Å²) in [5.74, 6) is 0. The maximum atomic E-state index is 4.92. The Morgan fingerprint density at radius 1 is 0.724 bits per heavy atom. The van der Waals surface area contributed by atoms with Crippen molar-refractivity contribution in [3.63, 3.8) is 0 Å². The van der Waals surface area contributed by atoms with E-state index in [1.165, 1.54) is 41.9 Å². The van der Waals surface area contributed by atoms with Crippen LogP contribution < -0.4 is 0 Å². The van der Waals surface area contributed by atoms with E-state index in [1.54, 1.807) is 22.7 Å². The molecule has 3 aromatic heterocycles. The summed E-state index contributed by atoms with van der Waals surface area (Å²) in [5, 5.41) is 9.83. The number of aromatic nitrogens is 3. The van der Waals surface area contributed by atoms with Crippen LogP contribution in [0.3, 0.4) is 0 Å². The molecule has 0 saturated heterocycles. The van der Waals surface area contributed by atoms with Gasteiger partial charge in [-0.05, 0) is 62.5 Å². The first-order valence-corrected chi connectivity index (χ1v) is 13.3. The third kappa shape index (κ3) is 5.01. The fourth-order valence-electron chi connectivity index (χ4n) is 3.48. The van der Waals surface area contributed by atoms with Crippen molar-refractivity contribution in [2.24, 2.45) is 0 Å². The van der Waals surface area contributed by atoms with Gasteiger partial charge in [0.05, 0.1) is 14.1 Å². The summed E-state index contributed by atoms with van der Waals surface area (Å²) >= 11 is 10.6. The molecule has 0 N–H and O–H groups in total. The second kappa shape index (κ2) is 9.86. The van der Waals surface area contributed by atoms with Gasteiger partial charge in [-0.1, -0.05) is 51.2 Å². The second-order valence-corrected chi connectivity index (χ2v) is 12.1. The van der Waals surface area contributed by atoms with E-state index in [-0.39, 0.29) is 0 Å². The Morgan fingerprint density at radius 2 is 1.24 bits per heavy atom. The number of rotatable bonds is 9. The molecule has 0 aliphatic rings. The van der Waals surface area contributed by atoms with Crippen LogP contribution in [0.15, 0.2) is 44.0 Å². The van der Waals surface area contributed by atoms with Gasteiger partial charge >= 0.3 is 0 Å². The molecule has 7 heteroatoms. The second-order valence-electron chi connectivity index (χ2n) is 7.13. The number of hydrogen-bond acceptors (Lipinski definition) is 4. The summed E-state index contributed by atoms with van der Waals surface area (Å²) in [6, 6.07) is 12.9. The van der Waals surface area contributed by atoms with Gasteiger partial charge in [-0.3, -0.25) is 0 Å². The summed E-state index contributed by atoms with van der Waals surface area (Å²) < 4.78 is 2.26. The molecule has 0 bridgehead atoms. The highest BCUT2D eigenvalue weighted by Crippen LogP contribution is 2.40. The molecule has 1 aromatic carbocycles. The van der Waals surface area contributed by atoms with E-state index in [4.69, 9.17) is 10.2 Å². The molecule has 0 spiro atoms. The van der Waals surface area contributed by atoms with E-state index in [0.29, 0.717) is 0 Å². The molecule has 0 radical (unpaired) electrons. The average molecular weight is 553 g/mol. The Kier molecular flexibility index (Phi) is 7.21. The van der Waals surface area contributed by atoms with Gasteiger partial charge in [0, 0.05) is 20.9 Å². The van der Waals surface area contributed by atoms with Gasteiger partial charge in [0.25, 0.3) is 0 Å². The van der Waals surface area contributed by atoms with Crippen molar-refractivity contribution in [1.29, 1.82) is 0 Å². The summed E-state index contributed by atoms with van der Waals surface area (Å²) in [5.41, 5.74) is 4.30. The number of thiophene rings is 2. The van der Waals surface area contributed by atoms with E-state index >= 15 is 0 Å². The molecule has 0 aliphatic carbocycles. The molecule has 0 amide bonds. The van der Waals surface area contributed by atoms with Gasteiger partial charge < -0.3 is 0 Å². The van der Waals surface area contributed by atoms with Crippen LogP contribution in [-0.4, -0.2) is 15.0 Å². The van der Waals surface area contributed by atoms with Gasteiger partial charge in [0.15, 0.2) is 0 Å². The van der Waals surface area contributed by atoms with E-state index in [2.05, 4.69) is 75.2 Å². The van der Waals surface area contributed by atoms with Crippen LogP contribution in [0.4, 0.5) is 0 Å². The van der Waals surface area contributed by atoms with Crippen LogP contribution >= 0.6 is 54.5 Å². The Morgan fingerprint density at radius 3 is 1.72 bits per heavy atom. The van der Waals surface area contributed by atoms with Crippen molar-refractivity contribution < 1.29 is 0 Å². The number of aryl methyl sites for hydroxylation is 1. The van der Waals surface area contributed by atoms with Crippen LogP contribution in [0, 0.1) is 0 Å². The molecule has 152 valence electrons. The lowest BCUT2D eigenvalue weighted by Crippen LogP contribution is -2.02. The van der Waals surface area contributed by atoms with Gasteiger partial charge in [-0.15, -0.1) is 22.7 Å². The van der Waals surface area contributed by atoms with Gasteiger partial charge in [0.2, 0.25) is 0 Å². The molecule has 0 saturated carbocycles. The lowest BCUT2D eigenvalue weighted by Gasteiger charge is -2.02. The van der Waals surface area contributed by atoms with Crippen molar-refractivity contribution in [2.75, 3.05) is 0 Å². The standard InChI is InChI=1S/C22H23Br2N3S2/c1-2-3-4-5-6-7-14-27-25-21-15(17-10-12-19(23)28-17)8-9-16(22(21)26-27)18-11-13-20(24)29-18/h8-13H,2-7,14H2,1H3. The predicted octanol–water partition coefficient (Wildman–Crippen LogP) is 8.77. The minimum Gasteiger partial charge on any atom is -0.184 e. The van der Waals surface area contributed by atoms with Crippen LogP contribution in [-0.2, 0) is 6.54 Å². The van der Waals surface area contributed by atoms with Crippen molar-refractivity contribution in [3.8, 4) is 20.9 Å². The summed E-state index contributed by atoms with van der Waals surface area (Å²) in [6.07, 6.45) is 7.63. The summed E-state index contributed by atoms with van der Waals surface area (Å²) in [6.45, 7) is 3.13. The lowest BCUT2D eigenvalue weighted by atomic mass is 10.1. The van der Waals surface area contributed by atoms with E-state index in [1.807, 2.05) is 4.80 Å². The van der Waals surface area contributed by atoms with E-state index < -0.39 is 0 Å². The minimum absolute atomic E-state index is 0.877. The molecule has 3 heterocycles. The highest BCUT2D eigenvalue weighted by atomic mass is 79.9. The lowest BCUT2D eigenvalue weighted by molar-refractivity contribution is 0.488. The largest absolute Gasteiger partial charge is 0.184 e. The normalized spacial score (nSPS) is 11.6. The first kappa shape index (κ1) is 21.2. The summed E-state index contributed by atoms with van der Waals surface area (Å²) in [4.78, 5) is 4.34. The first-order valence-electron chi connectivity index (χ1n) is 10.0. The Hall–Kier alpha value is -1.02. The number of hydrogen-bond donors (Lipinski definition) is 0. The smallest absolute Gasteiger partial charge is 0.122 e. The van der Waals surface area contributed by atoms with Crippen LogP contribution in [0.25, 0.3) is 31.9 Å². The van der Waals surface area contributed by atoms with Crippen LogP contribution in [0.5, 0.6) is 0 Å². The maximum Gasteiger partial charge on any atom is 0.122 e. The molecule has 4 aromatic rings. The van der Waals surface area contributed by atoms with Gasteiger partial charge in [-0.2, -0.15) is 15.0 Å². The monoisotopic (exact) mass is 551 g/mol.